The highest BCUT2D eigenvalue weighted by Crippen LogP contribution is 2.43. The van der Waals surface area contributed by atoms with E-state index in [0.29, 0.717) is 0 Å². The molecule has 0 aromatic rings. The first kappa shape index (κ1) is 6.01. The van der Waals surface area contributed by atoms with Crippen LogP contribution in [0.2, 0.25) is 0 Å². The van der Waals surface area contributed by atoms with E-state index in [9.17, 15) is 8.72 Å². The Hall–Kier alpha value is 0.01000. The third-order valence-electron chi connectivity index (χ3n) is 0.0851. The van der Waals surface area contributed by atoms with Crippen molar-refractivity contribution in [1.82, 2.24) is 0 Å². The molecule has 1 unspecified atom stereocenters. The van der Waals surface area contributed by atoms with E-state index >= 15 is 0 Å². The van der Waals surface area contributed by atoms with Crippen LogP contribution in [0.25, 0.3) is 0 Å². The van der Waals surface area contributed by atoms with E-state index in [1.165, 1.54) is 0 Å². The molecule has 0 aliphatic carbocycles. The molecular formula is HF2O3P. The first-order valence-electron chi connectivity index (χ1n) is 0.888. The summed E-state index contributed by atoms with van der Waals surface area (Å²) in [7, 11) is -5.31. The van der Waals surface area contributed by atoms with Gasteiger partial charge in [0.2, 0.25) is 0 Å². The van der Waals surface area contributed by atoms with Gasteiger partial charge in [0, 0.05) is 0 Å². The van der Waals surface area contributed by atoms with Crippen LogP contribution in [-0.2, 0) is 9.29 Å². The predicted octanol–water partition coefficient (Wildman–Crippen LogP) is 0.957. The van der Waals surface area contributed by atoms with Crippen molar-refractivity contribution < 1.29 is 22.9 Å². The summed E-state index contributed by atoms with van der Waals surface area (Å²) in [6.45, 7) is 0. The van der Waals surface area contributed by atoms with Crippen LogP contribution in [0.4, 0.5) is 8.72 Å². The predicted molar refractivity (Wildman–Crippen MR) is 13.1 cm³/mol. The van der Waals surface area contributed by atoms with Gasteiger partial charge in [0.05, 0.1) is 0 Å². The average molecular weight is 118 g/mol. The Morgan fingerprint density at radius 3 is 2.00 bits per heavy atom. The van der Waals surface area contributed by atoms with E-state index in [0.717, 1.165) is 0 Å². The molecular weight excluding hydrogens is 117 g/mol. The minimum Gasteiger partial charge on any atom is -0.297 e. The van der Waals surface area contributed by atoms with Gasteiger partial charge in [-0.15, -0.1) is 4.20 Å². The van der Waals surface area contributed by atoms with Gasteiger partial charge < -0.3 is 0 Å². The van der Waals surface area contributed by atoms with Gasteiger partial charge in [0.25, 0.3) is 0 Å². The summed E-state index contributed by atoms with van der Waals surface area (Å²) in [4.78, 5) is 7.12. The molecule has 6 heteroatoms. The molecule has 0 saturated heterocycles. The lowest BCUT2D eigenvalue weighted by molar-refractivity contribution is -0.0304. The van der Waals surface area contributed by atoms with Gasteiger partial charge >= 0.3 is 7.91 Å². The summed E-state index contributed by atoms with van der Waals surface area (Å²) in [5.41, 5.74) is 0. The number of hydrogen-bond donors (Lipinski definition) is 1. The first-order valence-corrected chi connectivity index (χ1v) is 2.36. The molecule has 0 saturated carbocycles. The number of rotatable bonds is 1. The molecule has 0 fully saturated rings. The zero-order chi connectivity index (χ0) is 5.21. The standard InChI is InChI=1S/F2HO3P/c1-5-6(2,3)4/h(H,3,4). The van der Waals surface area contributed by atoms with Crippen molar-refractivity contribution in [3.63, 3.8) is 0 Å². The average Bonchev–Trinajstić information content (AvgIpc) is 1.35. The van der Waals surface area contributed by atoms with E-state index in [2.05, 4.69) is 0 Å². The molecule has 0 aromatic heterocycles. The molecule has 0 radical (unpaired) electrons. The first-order chi connectivity index (χ1) is 2.56. The quantitative estimate of drug-likeness (QED) is 0.521. The second-order valence-electron chi connectivity index (χ2n) is 0.520. The van der Waals surface area contributed by atoms with E-state index in [-0.39, 0.29) is 0 Å². The van der Waals surface area contributed by atoms with Crippen LogP contribution in [0.5, 0.6) is 0 Å². The highest BCUT2D eigenvalue weighted by atomic mass is 31.2. The van der Waals surface area contributed by atoms with Crippen molar-refractivity contribution in [1.29, 1.82) is 0 Å². The maximum atomic E-state index is 10.6. The van der Waals surface area contributed by atoms with Crippen LogP contribution in [0.15, 0.2) is 0 Å². The normalized spacial score (nSPS) is 19.8. The van der Waals surface area contributed by atoms with Gasteiger partial charge in [-0.1, -0.05) is 4.73 Å². The summed E-state index contributed by atoms with van der Waals surface area (Å²) in [5, 5.41) is 0. The van der Waals surface area contributed by atoms with Crippen molar-refractivity contribution >= 4 is 7.91 Å². The smallest absolute Gasteiger partial charge is 0.297 e. The third kappa shape index (κ3) is 4.01. The fraction of sp³-hybridized carbons (Fsp3) is 0. The van der Waals surface area contributed by atoms with Crippen LogP contribution < -0.4 is 0 Å². The molecule has 0 aromatic carbocycles. The van der Waals surface area contributed by atoms with Crippen LogP contribution in [0.3, 0.4) is 0 Å². The Balaban J connectivity index is 3.48. The van der Waals surface area contributed by atoms with Crippen molar-refractivity contribution in [3.05, 3.63) is 0 Å². The lowest BCUT2D eigenvalue weighted by Gasteiger charge is -1.83. The molecule has 0 aliphatic rings. The van der Waals surface area contributed by atoms with Gasteiger partial charge in [0.1, 0.15) is 0 Å². The van der Waals surface area contributed by atoms with Crippen molar-refractivity contribution in [2.45, 2.75) is 0 Å². The maximum Gasteiger partial charge on any atom is 0.541 e. The van der Waals surface area contributed by atoms with E-state index in [1.807, 2.05) is 4.73 Å². The highest BCUT2D eigenvalue weighted by Gasteiger charge is 2.16. The zero-order valence-corrected chi connectivity index (χ0v) is 3.36. The fourth-order valence-corrected chi connectivity index (χ4v) is 0. The van der Waals surface area contributed by atoms with Crippen LogP contribution >= 0.6 is 7.91 Å². The minimum atomic E-state index is -5.31. The maximum absolute atomic E-state index is 10.6. The summed E-state index contributed by atoms with van der Waals surface area (Å²) in [6.07, 6.45) is 0. The van der Waals surface area contributed by atoms with Gasteiger partial charge in [-0.3, -0.25) is 4.89 Å². The molecule has 1 atom stereocenters. The zero-order valence-electron chi connectivity index (χ0n) is 2.47. The fourth-order valence-electron chi connectivity index (χ4n) is 0. The van der Waals surface area contributed by atoms with Gasteiger partial charge in [-0.25, -0.2) is 4.57 Å². The van der Waals surface area contributed by atoms with Crippen molar-refractivity contribution in [2.24, 2.45) is 0 Å². The molecule has 6 heavy (non-hydrogen) atoms. The van der Waals surface area contributed by atoms with Crippen molar-refractivity contribution in [2.75, 3.05) is 0 Å². The summed E-state index contributed by atoms with van der Waals surface area (Å²) >= 11 is 0. The third-order valence-corrected chi connectivity index (χ3v) is 0.255. The Morgan fingerprint density at radius 2 is 2.00 bits per heavy atom. The molecule has 0 rings (SSSR count). The van der Waals surface area contributed by atoms with Crippen molar-refractivity contribution in [3.8, 4) is 0 Å². The Labute approximate surface area is 32.1 Å². The summed E-state index contributed by atoms with van der Waals surface area (Å²) < 4.78 is 31.5. The lowest BCUT2D eigenvalue weighted by atomic mass is 15.6. The molecule has 0 amide bonds. The summed E-state index contributed by atoms with van der Waals surface area (Å²) in [5.74, 6) is 0. The molecule has 0 spiro atoms. The molecule has 0 heterocycles. The Kier molecular flexibility index (Phi) is 1.64. The highest BCUT2D eigenvalue weighted by molar-refractivity contribution is 7.46. The van der Waals surface area contributed by atoms with Crippen LogP contribution in [0.1, 0.15) is 0 Å². The molecule has 0 aliphatic heterocycles. The molecule has 0 bridgehead atoms. The monoisotopic (exact) mass is 118 g/mol. The van der Waals surface area contributed by atoms with Gasteiger partial charge in [0.15, 0.2) is 0 Å². The minimum absolute atomic E-state index is 1.88. The van der Waals surface area contributed by atoms with Gasteiger partial charge in [-0.05, 0) is 4.53 Å². The van der Waals surface area contributed by atoms with Gasteiger partial charge in [-0.2, -0.15) is 0 Å². The topological polar surface area (TPSA) is 46.5 Å². The van der Waals surface area contributed by atoms with E-state index < -0.39 is 7.91 Å². The SMILES string of the molecule is O=P(O)(F)OF. The lowest BCUT2D eigenvalue weighted by Crippen LogP contribution is -1.63. The molecule has 1 N–H and O–H groups in total. The molecule has 38 valence electrons. The second-order valence-corrected chi connectivity index (χ2v) is 1.56. The molecule has 3 nitrogen and oxygen atoms in total. The number of hydrogen-bond acceptors (Lipinski definition) is 2. The summed E-state index contributed by atoms with van der Waals surface area (Å²) in [6, 6.07) is 0. The van der Waals surface area contributed by atoms with E-state index in [1.54, 1.807) is 0 Å². The largest absolute Gasteiger partial charge is 0.541 e. The Morgan fingerprint density at radius 1 is 1.83 bits per heavy atom. The van der Waals surface area contributed by atoms with Crippen LogP contribution in [0, 0.1) is 0 Å². The van der Waals surface area contributed by atoms with E-state index in [4.69, 9.17) is 9.46 Å². The second kappa shape index (κ2) is 1.64. The Bertz CT molecular complexity index is 72.9. The number of halogens is 2. The van der Waals surface area contributed by atoms with Crippen LogP contribution in [-0.4, -0.2) is 4.89 Å².